The smallest absolute Gasteiger partial charge is 0.272 e. The predicted octanol–water partition coefficient (Wildman–Crippen LogP) is 1.84. The highest BCUT2D eigenvalue weighted by Gasteiger charge is 2.17. The minimum Gasteiger partial charge on any atom is -0.342 e. The Bertz CT molecular complexity index is 713. The fourth-order valence-corrected chi connectivity index (χ4v) is 2.16. The maximum absolute atomic E-state index is 12.3. The number of nitrogens with zero attached hydrogens (tertiary/aromatic N) is 4. The number of nitrogens with one attached hydrogen (secondary N) is 1. The number of carbonyl (C=O) groups excluding carboxylic acids is 1. The van der Waals surface area contributed by atoms with Crippen LogP contribution in [0.1, 0.15) is 22.1 Å². The van der Waals surface area contributed by atoms with Gasteiger partial charge in [0.1, 0.15) is 5.69 Å². The van der Waals surface area contributed by atoms with Gasteiger partial charge < -0.3 is 5.32 Å². The van der Waals surface area contributed by atoms with Crippen LogP contribution in [0.4, 0.5) is 0 Å². The van der Waals surface area contributed by atoms with Crippen molar-refractivity contribution in [2.24, 2.45) is 0 Å². The summed E-state index contributed by atoms with van der Waals surface area (Å²) in [6.07, 6.45) is 8.07. The highest BCUT2D eigenvalue weighted by molar-refractivity contribution is 5.92. The predicted molar refractivity (Wildman–Crippen MR) is 80.9 cm³/mol. The van der Waals surface area contributed by atoms with E-state index in [4.69, 9.17) is 0 Å². The molecule has 0 saturated heterocycles. The van der Waals surface area contributed by atoms with Crippen LogP contribution < -0.4 is 5.32 Å². The zero-order valence-corrected chi connectivity index (χ0v) is 11.8. The first-order valence-corrected chi connectivity index (χ1v) is 6.92. The molecular weight excluding hydrogens is 278 g/mol. The minimum absolute atomic E-state index is 0.199. The summed E-state index contributed by atoms with van der Waals surface area (Å²) in [5.41, 5.74) is 1.30. The first kappa shape index (κ1) is 13.9. The van der Waals surface area contributed by atoms with Crippen molar-refractivity contribution < 1.29 is 4.79 Å². The van der Waals surface area contributed by atoms with E-state index < -0.39 is 0 Å². The summed E-state index contributed by atoms with van der Waals surface area (Å²) in [4.78, 5) is 20.3. The summed E-state index contributed by atoms with van der Waals surface area (Å²) < 4.78 is 1.79. The zero-order valence-electron chi connectivity index (χ0n) is 11.8. The van der Waals surface area contributed by atoms with E-state index >= 15 is 0 Å². The number of aromatic nitrogens is 4. The zero-order chi connectivity index (χ0) is 15.2. The Labute approximate surface area is 127 Å². The summed E-state index contributed by atoms with van der Waals surface area (Å²) in [6.45, 7) is 0.545. The van der Waals surface area contributed by atoms with Gasteiger partial charge in [0, 0.05) is 24.8 Å². The SMILES string of the molecule is O=C(NC(Cn1cccn1)c1ccccc1)c1cnccn1. The lowest BCUT2D eigenvalue weighted by molar-refractivity contribution is 0.0926. The summed E-state index contributed by atoms with van der Waals surface area (Å²) in [5, 5.41) is 7.18. The van der Waals surface area contributed by atoms with Crippen LogP contribution in [0.5, 0.6) is 0 Å². The molecule has 0 fully saturated rings. The monoisotopic (exact) mass is 293 g/mol. The molecule has 3 aromatic rings. The topological polar surface area (TPSA) is 72.7 Å². The quantitative estimate of drug-likeness (QED) is 0.779. The molecule has 0 spiro atoms. The molecule has 6 nitrogen and oxygen atoms in total. The van der Waals surface area contributed by atoms with Gasteiger partial charge >= 0.3 is 0 Å². The maximum atomic E-state index is 12.3. The fourth-order valence-electron chi connectivity index (χ4n) is 2.16. The van der Waals surface area contributed by atoms with E-state index in [-0.39, 0.29) is 11.9 Å². The molecule has 0 radical (unpaired) electrons. The Morgan fingerprint density at radius 2 is 2.00 bits per heavy atom. The van der Waals surface area contributed by atoms with Crippen molar-refractivity contribution in [2.45, 2.75) is 12.6 Å². The summed E-state index contributed by atoms with van der Waals surface area (Å²) in [5.74, 6) is -0.255. The van der Waals surface area contributed by atoms with Gasteiger partial charge in [-0.3, -0.25) is 14.5 Å². The molecule has 1 N–H and O–H groups in total. The molecule has 2 aromatic heterocycles. The van der Waals surface area contributed by atoms with Crippen LogP contribution in [0.15, 0.2) is 67.4 Å². The number of benzene rings is 1. The molecule has 0 bridgehead atoms. The summed E-state index contributed by atoms with van der Waals surface area (Å²) in [7, 11) is 0. The van der Waals surface area contributed by atoms with Gasteiger partial charge in [-0.2, -0.15) is 5.10 Å². The lowest BCUT2D eigenvalue weighted by atomic mass is 10.1. The van der Waals surface area contributed by atoms with Gasteiger partial charge in [0.2, 0.25) is 0 Å². The van der Waals surface area contributed by atoms with Crippen LogP contribution in [-0.2, 0) is 6.54 Å². The van der Waals surface area contributed by atoms with Crippen molar-refractivity contribution in [3.63, 3.8) is 0 Å². The molecule has 0 saturated carbocycles. The lowest BCUT2D eigenvalue weighted by Crippen LogP contribution is -2.32. The van der Waals surface area contributed by atoms with Crippen LogP contribution in [0.25, 0.3) is 0 Å². The molecule has 1 unspecified atom stereocenters. The van der Waals surface area contributed by atoms with Gasteiger partial charge in [0.15, 0.2) is 0 Å². The van der Waals surface area contributed by atoms with E-state index in [1.54, 1.807) is 10.9 Å². The molecule has 2 heterocycles. The Hall–Kier alpha value is -3.02. The fraction of sp³-hybridized carbons (Fsp3) is 0.125. The van der Waals surface area contributed by atoms with E-state index in [9.17, 15) is 4.79 Å². The average molecular weight is 293 g/mol. The van der Waals surface area contributed by atoms with Gasteiger partial charge in [-0.15, -0.1) is 0 Å². The second-order valence-electron chi connectivity index (χ2n) is 4.76. The van der Waals surface area contributed by atoms with Gasteiger partial charge in [-0.1, -0.05) is 30.3 Å². The first-order chi connectivity index (χ1) is 10.8. The van der Waals surface area contributed by atoms with Crippen molar-refractivity contribution in [1.82, 2.24) is 25.1 Å². The summed E-state index contributed by atoms with van der Waals surface area (Å²) >= 11 is 0. The Morgan fingerprint density at radius 3 is 2.68 bits per heavy atom. The highest BCUT2D eigenvalue weighted by atomic mass is 16.1. The van der Waals surface area contributed by atoms with Crippen molar-refractivity contribution in [2.75, 3.05) is 0 Å². The molecule has 1 atom stereocenters. The molecular formula is C16H15N5O. The molecule has 0 aliphatic rings. The Kier molecular flexibility index (Phi) is 4.20. The third kappa shape index (κ3) is 3.35. The van der Waals surface area contributed by atoms with Gasteiger partial charge in [0.05, 0.1) is 18.8 Å². The molecule has 1 amide bonds. The number of hydrogen-bond acceptors (Lipinski definition) is 4. The van der Waals surface area contributed by atoms with Crippen LogP contribution in [0.2, 0.25) is 0 Å². The van der Waals surface area contributed by atoms with Gasteiger partial charge in [-0.05, 0) is 11.6 Å². The van der Waals surface area contributed by atoms with E-state index in [0.29, 0.717) is 12.2 Å². The van der Waals surface area contributed by atoms with E-state index in [0.717, 1.165) is 5.56 Å². The number of rotatable bonds is 5. The third-order valence-electron chi connectivity index (χ3n) is 3.23. The van der Waals surface area contributed by atoms with Crippen molar-refractivity contribution in [1.29, 1.82) is 0 Å². The van der Waals surface area contributed by atoms with Gasteiger partial charge in [-0.25, -0.2) is 4.98 Å². The van der Waals surface area contributed by atoms with Crippen molar-refractivity contribution in [3.8, 4) is 0 Å². The normalized spacial score (nSPS) is 11.8. The van der Waals surface area contributed by atoms with E-state index in [2.05, 4.69) is 20.4 Å². The Balaban J connectivity index is 1.81. The van der Waals surface area contributed by atoms with Crippen LogP contribution in [0.3, 0.4) is 0 Å². The second kappa shape index (κ2) is 6.62. The minimum atomic E-state index is -0.255. The molecule has 6 heteroatoms. The molecule has 0 aliphatic carbocycles. The largest absolute Gasteiger partial charge is 0.342 e. The third-order valence-corrected chi connectivity index (χ3v) is 3.23. The van der Waals surface area contributed by atoms with Gasteiger partial charge in [0.25, 0.3) is 5.91 Å². The van der Waals surface area contributed by atoms with E-state index in [1.165, 1.54) is 18.6 Å². The highest BCUT2D eigenvalue weighted by Crippen LogP contribution is 2.15. The summed E-state index contributed by atoms with van der Waals surface area (Å²) in [6, 6.07) is 11.4. The van der Waals surface area contributed by atoms with E-state index in [1.807, 2.05) is 42.6 Å². The Morgan fingerprint density at radius 1 is 1.14 bits per heavy atom. The second-order valence-corrected chi connectivity index (χ2v) is 4.76. The molecule has 22 heavy (non-hydrogen) atoms. The van der Waals surface area contributed by atoms with Crippen molar-refractivity contribution in [3.05, 3.63) is 78.6 Å². The molecule has 3 rings (SSSR count). The number of carbonyl (C=O) groups is 1. The molecule has 1 aromatic carbocycles. The number of amides is 1. The van der Waals surface area contributed by atoms with Crippen LogP contribution in [0, 0.1) is 0 Å². The average Bonchev–Trinajstić information content (AvgIpc) is 3.09. The van der Waals surface area contributed by atoms with Crippen molar-refractivity contribution >= 4 is 5.91 Å². The molecule has 0 aliphatic heterocycles. The number of hydrogen-bond donors (Lipinski definition) is 1. The first-order valence-electron chi connectivity index (χ1n) is 6.92. The maximum Gasteiger partial charge on any atom is 0.272 e. The van der Waals surface area contributed by atoms with Crippen LogP contribution in [-0.4, -0.2) is 25.7 Å². The standard InChI is InChI=1S/C16H15N5O/c22-16(14-11-17-8-9-18-14)20-15(12-21-10-4-7-19-21)13-5-2-1-3-6-13/h1-11,15H,12H2,(H,20,22). The lowest BCUT2D eigenvalue weighted by Gasteiger charge is -2.19. The van der Waals surface area contributed by atoms with Crippen LogP contribution >= 0.6 is 0 Å². The molecule has 110 valence electrons.